The van der Waals surface area contributed by atoms with E-state index in [0.29, 0.717) is 23.9 Å². The molecule has 1 N–H and O–H groups in total. The van der Waals surface area contributed by atoms with Gasteiger partial charge in [0, 0.05) is 22.9 Å². The Morgan fingerprint density at radius 2 is 1.89 bits per heavy atom. The minimum atomic E-state index is -1.35. The summed E-state index contributed by atoms with van der Waals surface area (Å²) in [6, 6.07) is 17.5. The van der Waals surface area contributed by atoms with E-state index in [9.17, 15) is 9.00 Å². The van der Waals surface area contributed by atoms with Crippen molar-refractivity contribution in [2.45, 2.75) is 26.1 Å². The molecule has 0 spiro atoms. The number of rotatable bonds is 7. The Morgan fingerprint density at radius 1 is 1.11 bits per heavy atom. The summed E-state index contributed by atoms with van der Waals surface area (Å²) in [7, 11) is -1.35. The fourth-order valence-electron chi connectivity index (χ4n) is 2.66. The highest BCUT2D eigenvalue weighted by Crippen LogP contribution is 2.23. The SMILES string of the molecule is Cc1cccc(-c2nc(C[S@@](=O)CC(=O)NCc3ccccc3)c(C)o2)c1. The highest BCUT2D eigenvalue weighted by atomic mass is 32.2. The highest BCUT2D eigenvalue weighted by Gasteiger charge is 2.16. The lowest BCUT2D eigenvalue weighted by atomic mass is 10.1. The molecule has 1 atom stereocenters. The second-order valence-electron chi connectivity index (χ2n) is 6.38. The number of nitrogens with zero attached hydrogens (tertiary/aromatic N) is 1. The maximum Gasteiger partial charge on any atom is 0.232 e. The number of nitrogens with one attached hydrogen (secondary N) is 1. The fourth-order valence-corrected chi connectivity index (χ4v) is 3.73. The first-order chi connectivity index (χ1) is 13.0. The van der Waals surface area contributed by atoms with Crippen molar-refractivity contribution in [1.29, 1.82) is 0 Å². The predicted octanol–water partition coefficient (Wildman–Crippen LogP) is 3.52. The van der Waals surface area contributed by atoms with Crippen LogP contribution in [0.3, 0.4) is 0 Å². The van der Waals surface area contributed by atoms with Crippen LogP contribution in [-0.2, 0) is 27.9 Å². The first-order valence-electron chi connectivity index (χ1n) is 8.70. The number of oxazole rings is 1. The Bertz CT molecular complexity index is 951. The average Bonchev–Trinajstić information content (AvgIpc) is 3.01. The third-order valence-electron chi connectivity index (χ3n) is 4.08. The molecule has 0 saturated carbocycles. The van der Waals surface area contributed by atoms with Crippen molar-refractivity contribution in [1.82, 2.24) is 10.3 Å². The van der Waals surface area contributed by atoms with Gasteiger partial charge in [-0.1, -0.05) is 48.0 Å². The van der Waals surface area contributed by atoms with Crippen LogP contribution in [0.5, 0.6) is 0 Å². The number of hydrogen-bond acceptors (Lipinski definition) is 4. The van der Waals surface area contributed by atoms with Gasteiger partial charge in [-0.3, -0.25) is 9.00 Å². The summed E-state index contributed by atoms with van der Waals surface area (Å²) < 4.78 is 18.1. The zero-order chi connectivity index (χ0) is 19.2. The van der Waals surface area contributed by atoms with Crippen molar-refractivity contribution in [3.05, 3.63) is 77.2 Å². The van der Waals surface area contributed by atoms with Crippen molar-refractivity contribution in [3.63, 3.8) is 0 Å². The van der Waals surface area contributed by atoms with Gasteiger partial charge in [0.25, 0.3) is 0 Å². The van der Waals surface area contributed by atoms with Gasteiger partial charge in [0.05, 0.1) is 11.4 Å². The van der Waals surface area contributed by atoms with Crippen LogP contribution < -0.4 is 5.32 Å². The predicted molar refractivity (Wildman–Crippen MR) is 106 cm³/mol. The van der Waals surface area contributed by atoms with E-state index in [4.69, 9.17) is 4.42 Å². The van der Waals surface area contributed by atoms with E-state index < -0.39 is 10.8 Å². The molecule has 0 unspecified atom stereocenters. The molecule has 0 bridgehead atoms. The van der Waals surface area contributed by atoms with Gasteiger partial charge >= 0.3 is 0 Å². The van der Waals surface area contributed by atoms with E-state index in [-0.39, 0.29) is 17.4 Å². The summed E-state index contributed by atoms with van der Waals surface area (Å²) >= 11 is 0. The quantitative estimate of drug-likeness (QED) is 0.679. The average molecular weight is 382 g/mol. The monoisotopic (exact) mass is 382 g/mol. The lowest BCUT2D eigenvalue weighted by molar-refractivity contribution is -0.118. The second-order valence-corrected chi connectivity index (χ2v) is 7.84. The van der Waals surface area contributed by atoms with E-state index in [1.807, 2.05) is 61.5 Å². The standard InChI is InChI=1S/C21H22N2O3S/c1-15-7-6-10-18(11-15)21-23-19(16(2)26-21)13-27(25)14-20(24)22-12-17-8-4-3-5-9-17/h3-11H,12-14H2,1-2H3,(H,22,24)/t27-/m1/s1. The molecule has 0 aliphatic carbocycles. The van der Waals surface area contributed by atoms with E-state index >= 15 is 0 Å². The third-order valence-corrected chi connectivity index (χ3v) is 5.26. The minimum absolute atomic E-state index is 0.0566. The number of amides is 1. The van der Waals surface area contributed by atoms with Crippen molar-refractivity contribution in [2.75, 3.05) is 5.75 Å². The van der Waals surface area contributed by atoms with Gasteiger partial charge in [-0.2, -0.15) is 0 Å². The van der Waals surface area contributed by atoms with Crippen LogP contribution in [0.1, 0.15) is 22.6 Å². The van der Waals surface area contributed by atoms with Gasteiger partial charge in [0.15, 0.2) is 0 Å². The summed E-state index contributed by atoms with van der Waals surface area (Å²) in [5.74, 6) is 1.04. The van der Waals surface area contributed by atoms with E-state index in [0.717, 1.165) is 16.7 Å². The van der Waals surface area contributed by atoms with Crippen molar-refractivity contribution < 1.29 is 13.4 Å². The Labute approximate surface area is 161 Å². The van der Waals surface area contributed by atoms with Gasteiger partial charge in [0.1, 0.15) is 11.5 Å². The molecule has 3 aromatic rings. The third kappa shape index (κ3) is 5.37. The van der Waals surface area contributed by atoms with Gasteiger partial charge in [-0.25, -0.2) is 4.98 Å². The van der Waals surface area contributed by atoms with Crippen molar-refractivity contribution >= 4 is 16.7 Å². The van der Waals surface area contributed by atoms with Crippen LogP contribution in [0.25, 0.3) is 11.5 Å². The van der Waals surface area contributed by atoms with Crippen molar-refractivity contribution in [2.24, 2.45) is 0 Å². The molecule has 1 heterocycles. The van der Waals surface area contributed by atoms with Crippen LogP contribution >= 0.6 is 0 Å². The number of hydrogen-bond donors (Lipinski definition) is 1. The zero-order valence-corrected chi connectivity index (χ0v) is 16.2. The molecule has 0 fully saturated rings. The van der Waals surface area contributed by atoms with Crippen LogP contribution in [0, 0.1) is 13.8 Å². The van der Waals surface area contributed by atoms with E-state index in [2.05, 4.69) is 10.3 Å². The number of carbonyl (C=O) groups is 1. The van der Waals surface area contributed by atoms with Crippen LogP contribution in [0.2, 0.25) is 0 Å². The molecule has 2 aromatic carbocycles. The summed E-state index contributed by atoms with van der Waals surface area (Å²) in [4.78, 5) is 16.5. The molecule has 140 valence electrons. The molecule has 27 heavy (non-hydrogen) atoms. The van der Waals surface area contributed by atoms with Gasteiger partial charge < -0.3 is 9.73 Å². The molecule has 0 saturated heterocycles. The van der Waals surface area contributed by atoms with Crippen LogP contribution in [-0.4, -0.2) is 20.9 Å². The highest BCUT2D eigenvalue weighted by molar-refractivity contribution is 7.84. The van der Waals surface area contributed by atoms with E-state index in [1.54, 1.807) is 6.92 Å². The van der Waals surface area contributed by atoms with Crippen LogP contribution in [0.4, 0.5) is 0 Å². The van der Waals surface area contributed by atoms with Crippen molar-refractivity contribution in [3.8, 4) is 11.5 Å². The number of carbonyl (C=O) groups excluding carboxylic acids is 1. The van der Waals surface area contributed by atoms with E-state index in [1.165, 1.54) is 0 Å². The summed E-state index contributed by atoms with van der Waals surface area (Å²) in [6.07, 6.45) is 0. The van der Waals surface area contributed by atoms with Gasteiger partial charge in [-0.15, -0.1) is 0 Å². The maximum atomic E-state index is 12.4. The van der Waals surface area contributed by atoms with Gasteiger partial charge in [-0.05, 0) is 31.5 Å². The Kier molecular flexibility index (Phi) is 6.19. The molecule has 0 radical (unpaired) electrons. The summed E-state index contributed by atoms with van der Waals surface area (Å²) in [5.41, 5.74) is 3.63. The van der Waals surface area contributed by atoms with Gasteiger partial charge in [0.2, 0.25) is 11.8 Å². The topological polar surface area (TPSA) is 72.2 Å². The minimum Gasteiger partial charge on any atom is -0.441 e. The molecular formula is C21H22N2O3S. The molecular weight excluding hydrogens is 360 g/mol. The normalized spacial score (nSPS) is 11.9. The molecule has 0 aliphatic rings. The number of aryl methyl sites for hydroxylation is 2. The molecule has 0 aliphatic heterocycles. The zero-order valence-electron chi connectivity index (χ0n) is 15.4. The molecule has 3 rings (SSSR count). The first-order valence-corrected chi connectivity index (χ1v) is 10.2. The summed E-state index contributed by atoms with van der Waals surface area (Å²) in [6.45, 7) is 4.23. The molecule has 1 amide bonds. The lowest BCUT2D eigenvalue weighted by Crippen LogP contribution is -2.28. The molecule has 6 heteroatoms. The Hall–Kier alpha value is -2.73. The smallest absolute Gasteiger partial charge is 0.232 e. The fraction of sp³-hybridized carbons (Fsp3) is 0.238. The molecule has 1 aromatic heterocycles. The number of aromatic nitrogens is 1. The largest absolute Gasteiger partial charge is 0.441 e. The first kappa shape index (κ1) is 19.0. The number of benzene rings is 2. The Balaban J connectivity index is 1.57. The summed E-state index contributed by atoms with van der Waals surface area (Å²) in [5, 5.41) is 2.79. The maximum absolute atomic E-state index is 12.4. The lowest BCUT2D eigenvalue weighted by Gasteiger charge is -2.05. The Morgan fingerprint density at radius 3 is 2.63 bits per heavy atom. The molecule has 5 nitrogen and oxygen atoms in total. The van der Waals surface area contributed by atoms with Crippen LogP contribution in [0.15, 0.2) is 59.0 Å². The second kappa shape index (κ2) is 8.77.